The summed E-state index contributed by atoms with van der Waals surface area (Å²) >= 11 is 9.33. The topological polar surface area (TPSA) is 52.2 Å². The maximum atomic E-state index is 6.27. The van der Waals surface area contributed by atoms with Crippen LogP contribution in [0.4, 0.5) is 5.69 Å². The van der Waals surface area contributed by atoms with E-state index in [9.17, 15) is 0 Å². The van der Waals surface area contributed by atoms with Crippen molar-refractivity contribution >= 4 is 38.9 Å². The van der Waals surface area contributed by atoms with E-state index in [0.29, 0.717) is 29.0 Å². The molecular formula is C26H27BrN2O4S. The molecule has 1 heterocycles. The van der Waals surface area contributed by atoms with Gasteiger partial charge in [0.25, 0.3) is 0 Å². The zero-order valence-corrected chi connectivity index (χ0v) is 21.7. The second kappa shape index (κ2) is 11.0. The molecule has 0 amide bonds. The normalized spacial score (nSPS) is 14.7. The van der Waals surface area contributed by atoms with Crippen molar-refractivity contribution in [2.75, 3.05) is 39.8 Å². The molecule has 0 aromatic heterocycles. The van der Waals surface area contributed by atoms with E-state index in [0.717, 1.165) is 34.4 Å². The molecule has 1 aliphatic rings. The number of methoxy groups -OCH3 is 3. The second-order valence-electron chi connectivity index (χ2n) is 7.76. The molecule has 0 radical (unpaired) electrons. The van der Waals surface area contributed by atoms with Gasteiger partial charge in [-0.2, -0.15) is 0 Å². The quantitative estimate of drug-likeness (QED) is 0.375. The molecule has 1 N–H and O–H groups in total. The van der Waals surface area contributed by atoms with Crippen LogP contribution in [-0.2, 0) is 6.42 Å². The Morgan fingerprint density at radius 1 is 0.941 bits per heavy atom. The van der Waals surface area contributed by atoms with E-state index < -0.39 is 0 Å². The number of ether oxygens (including phenoxy) is 4. The summed E-state index contributed by atoms with van der Waals surface area (Å²) in [6, 6.07) is 19.5. The number of anilines is 1. The number of rotatable bonds is 7. The molecule has 34 heavy (non-hydrogen) atoms. The van der Waals surface area contributed by atoms with Gasteiger partial charge in [-0.15, -0.1) is 0 Å². The van der Waals surface area contributed by atoms with E-state index in [1.54, 1.807) is 21.3 Å². The standard InChI is InChI=1S/C26H27BrN2O4S/c1-30-22-6-4-5-7-23(22)33-16-21-20-15-25(32-3)24(31-2)14-17(20)12-13-29(21)26(34)28-19-10-8-18(27)9-11-19/h4-11,14-15,21H,12-13,16H2,1-3H3,(H,28,34)/t21-/m1/s1. The fourth-order valence-corrected chi connectivity index (χ4v) is 4.69. The van der Waals surface area contributed by atoms with Crippen molar-refractivity contribution in [3.05, 3.63) is 76.3 Å². The zero-order chi connectivity index (χ0) is 24.1. The summed E-state index contributed by atoms with van der Waals surface area (Å²) < 4.78 is 23.9. The number of nitrogens with zero attached hydrogens (tertiary/aromatic N) is 1. The highest BCUT2D eigenvalue weighted by Crippen LogP contribution is 2.39. The van der Waals surface area contributed by atoms with Gasteiger partial charge in [-0.05, 0) is 78.3 Å². The summed E-state index contributed by atoms with van der Waals surface area (Å²) in [6.45, 7) is 1.12. The third-order valence-corrected chi connectivity index (χ3v) is 6.69. The van der Waals surface area contributed by atoms with E-state index in [2.05, 4.69) is 26.1 Å². The van der Waals surface area contributed by atoms with Crippen molar-refractivity contribution in [2.24, 2.45) is 0 Å². The summed E-state index contributed by atoms with van der Waals surface area (Å²) in [6.07, 6.45) is 0.822. The number of nitrogens with one attached hydrogen (secondary N) is 1. The molecule has 3 aromatic rings. The van der Waals surface area contributed by atoms with Crippen LogP contribution in [0.15, 0.2) is 65.1 Å². The fourth-order valence-electron chi connectivity index (χ4n) is 4.09. The van der Waals surface area contributed by atoms with Gasteiger partial charge in [0.05, 0.1) is 27.4 Å². The van der Waals surface area contributed by atoms with Crippen LogP contribution in [0.3, 0.4) is 0 Å². The predicted molar refractivity (Wildman–Crippen MR) is 142 cm³/mol. The molecule has 4 rings (SSSR count). The lowest BCUT2D eigenvalue weighted by molar-refractivity contribution is 0.185. The van der Waals surface area contributed by atoms with Crippen LogP contribution in [0.25, 0.3) is 0 Å². The third kappa shape index (κ3) is 5.23. The van der Waals surface area contributed by atoms with Crippen molar-refractivity contribution in [1.29, 1.82) is 0 Å². The minimum absolute atomic E-state index is 0.135. The Balaban J connectivity index is 1.66. The van der Waals surface area contributed by atoms with Gasteiger partial charge in [-0.1, -0.05) is 28.1 Å². The van der Waals surface area contributed by atoms with Gasteiger partial charge in [0, 0.05) is 16.7 Å². The van der Waals surface area contributed by atoms with Gasteiger partial charge in [0.15, 0.2) is 28.1 Å². The molecule has 0 saturated carbocycles. The van der Waals surface area contributed by atoms with Crippen molar-refractivity contribution in [1.82, 2.24) is 4.90 Å². The Kier molecular flexibility index (Phi) is 7.80. The Morgan fingerprint density at radius 3 is 2.26 bits per heavy atom. The first-order valence-electron chi connectivity index (χ1n) is 10.9. The third-order valence-electron chi connectivity index (χ3n) is 5.82. The summed E-state index contributed by atoms with van der Waals surface area (Å²) in [5.74, 6) is 2.77. The van der Waals surface area contributed by atoms with Crippen molar-refractivity contribution in [3.8, 4) is 23.0 Å². The van der Waals surface area contributed by atoms with Gasteiger partial charge >= 0.3 is 0 Å². The molecule has 0 bridgehead atoms. The van der Waals surface area contributed by atoms with Crippen LogP contribution in [0.1, 0.15) is 17.2 Å². The zero-order valence-electron chi connectivity index (χ0n) is 19.3. The van der Waals surface area contributed by atoms with E-state index >= 15 is 0 Å². The molecule has 0 fully saturated rings. The number of hydrogen-bond acceptors (Lipinski definition) is 5. The molecule has 3 aromatic carbocycles. The van der Waals surface area contributed by atoms with Gasteiger partial charge < -0.3 is 29.2 Å². The molecule has 178 valence electrons. The average molecular weight is 543 g/mol. The molecule has 8 heteroatoms. The highest BCUT2D eigenvalue weighted by atomic mass is 79.9. The monoisotopic (exact) mass is 542 g/mol. The molecule has 1 atom stereocenters. The van der Waals surface area contributed by atoms with Crippen molar-refractivity contribution in [2.45, 2.75) is 12.5 Å². The molecular weight excluding hydrogens is 516 g/mol. The SMILES string of the molecule is COc1cc2c(cc1OC)[C@@H](COc1ccccc1OC)N(C(=S)Nc1ccc(Br)cc1)CC2. The number of benzene rings is 3. The van der Waals surface area contributed by atoms with Crippen LogP contribution < -0.4 is 24.3 Å². The highest BCUT2D eigenvalue weighted by molar-refractivity contribution is 9.10. The Hall–Kier alpha value is -2.97. The number of thiocarbonyl (C=S) groups is 1. The van der Waals surface area contributed by atoms with Crippen LogP contribution >= 0.6 is 28.1 Å². The largest absolute Gasteiger partial charge is 0.493 e. The number of halogens is 1. The van der Waals surface area contributed by atoms with E-state index in [4.69, 9.17) is 31.2 Å². The first-order valence-corrected chi connectivity index (χ1v) is 12.1. The molecule has 6 nitrogen and oxygen atoms in total. The van der Waals surface area contributed by atoms with E-state index in [1.165, 1.54) is 5.56 Å². The first-order chi connectivity index (χ1) is 16.5. The van der Waals surface area contributed by atoms with Crippen LogP contribution in [0, 0.1) is 0 Å². The van der Waals surface area contributed by atoms with Gasteiger partial charge in [-0.25, -0.2) is 0 Å². The lowest BCUT2D eigenvalue weighted by Crippen LogP contribution is -2.44. The molecule has 1 aliphatic heterocycles. The van der Waals surface area contributed by atoms with Crippen molar-refractivity contribution in [3.63, 3.8) is 0 Å². The van der Waals surface area contributed by atoms with Gasteiger partial charge in [0.2, 0.25) is 0 Å². The molecule has 0 unspecified atom stereocenters. The second-order valence-corrected chi connectivity index (χ2v) is 9.07. The van der Waals surface area contributed by atoms with Crippen molar-refractivity contribution < 1.29 is 18.9 Å². The summed E-state index contributed by atoms with van der Waals surface area (Å²) in [4.78, 5) is 2.17. The molecule has 0 aliphatic carbocycles. The van der Waals surface area contributed by atoms with Crippen LogP contribution in [0.2, 0.25) is 0 Å². The maximum absolute atomic E-state index is 6.27. The molecule has 0 spiro atoms. The van der Waals surface area contributed by atoms with Gasteiger partial charge in [-0.3, -0.25) is 0 Å². The minimum atomic E-state index is -0.135. The Labute approximate surface area is 213 Å². The van der Waals surface area contributed by atoms with Crippen LogP contribution in [0.5, 0.6) is 23.0 Å². The first kappa shape index (κ1) is 24.2. The number of hydrogen-bond donors (Lipinski definition) is 1. The Morgan fingerprint density at radius 2 is 1.59 bits per heavy atom. The van der Waals surface area contributed by atoms with Crippen LogP contribution in [-0.4, -0.2) is 44.5 Å². The summed E-state index contributed by atoms with van der Waals surface area (Å²) in [7, 11) is 4.93. The number of para-hydroxylation sites is 2. The highest BCUT2D eigenvalue weighted by Gasteiger charge is 2.31. The predicted octanol–water partition coefficient (Wildman–Crippen LogP) is 5.85. The summed E-state index contributed by atoms with van der Waals surface area (Å²) in [5.41, 5.74) is 3.21. The van der Waals surface area contributed by atoms with E-state index in [1.807, 2.05) is 60.7 Å². The minimum Gasteiger partial charge on any atom is -0.493 e. The summed E-state index contributed by atoms with van der Waals surface area (Å²) in [5, 5.41) is 4.01. The smallest absolute Gasteiger partial charge is 0.174 e. The molecule has 0 saturated heterocycles. The number of fused-ring (bicyclic) bond motifs is 1. The fraction of sp³-hybridized carbons (Fsp3) is 0.269. The lowest BCUT2D eigenvalue weighted by atomic mass is 9.92. The maximum Gasteiger partial charge on any atom is 0.174 e. The lowest BCUT2D eigenvalue weighted by Gasteiger charge is -2.39. The van der Waals surface area contributed by atoms with E-state index in [-0.39, 0.29) is 6.04 Å². The van der Waals surface area contributed by atoms with Gasteiger partial charge in [0.1, 0.15) is 6.61 Å². The Bertz CT molecular complexity index is 1160. The average Bonchev–Trinajstić information content (AvgIpc) is 2.87.